The summed E-state index contributed by atoms with van der Waals surface area (Å²) in [5, 5.41) is 6.26. The Labute approximate surface area is 111 Å². The Bertz CT molecular complexity index is 223. The van der Waals surface area contributed by atoms with Crippen LogP contribution in [0.5, 0.6) is 0 Å². The molecule has 1 heterocycles. The van der Waals surface area contributed by atoms with E-state index in [1.807, 2.05) is 0 Å². The number of nitrogens with one attached hydrogen (secondary N) is 2. The number of hydrogen-bond donors (Lipinski definition) is 2. The van der Waals surface area contributed by atoms with Gasteiger partial charge in [-0.2, -0.15) is 0 Å². The van der Waals surface area contributed by atoms with Gasteiger partial charge in [0, 0.05) is 32.1 Å². The molecule has 0 spiro atoms. The Kier molecular flexibility index (Phi) is 8.01. The van der Waals surface area contributed by atoms with Gasteiger partial charge in [0.05, 0.1) is 0 Å². The van der Waals surface area contributed by atoms with Gasteiger partial charge in [-0.05, 0) is 25.9 Å². The summed E-state index contributed by atoms with van der Waals surface area (Å²) in [4.78, 5) is 14.0. The van der Waals surface area contributed by atoms with Gasteiger partial charge >= 0.3 is 0 Å². The maximum atomic E-state index is 11.6. The van der Waals surface area contributed by atoms with Crippen LogP contribution in [0.2, 0.25) is 0 Å². The molecule has 1 aliphatic heterocycles. The third kappa shape index (κ3) is 7.67. The topological polar surface area (TPSA) is 44.4 Å². The van der Waals surface area contributed by atoms with Crippen LogP contribution in [0, 0.1) is 0 Å². The summed E-state index contributed by atoms with van der Waals surface area (Å²) in [6.45, 7) is 9.15. The molecule has 2 N–H and O–H groups in total. The molecule has 0 bridgehead atoms. The molecule has 1 fully saturated rings. The molecular weight excluding hydrogens is 226 g/mol. The summed E-state index contributed by atoms with van der Waals surface area (Å²) < 4.78 is 0. The van der Waals surface area contributed by atoms with Crippen LogP contribution in [0.15, 0.2) is 0 Å². The quantitative estimate of drug-likeness (QED) is 0.722. The molecule has 1 aliphatic rings. The molecule has 0 aromatic carbocycles. The number of amides is 1. The number of likely N-dealkylation sites (tertiary alicyclic amines) is 1. The zero-order valence-corrected chi connectivity index (χ0v) is 12.0. The summed E-state index contributed by atoms with van der Waals surface area (Å²) in [5.41, 5.74) is 0. The van der Waals surface area contributed by atoms with Crippen LogP contribution in [0.4, 0.5) is 0 Å². The van der Waals surface area contributed by atoms with E-state index in [1.54, 1.807) is 0 Å². The molecule has 0 saturated carbocycles. The first-order chi connectivity index (χ1) is 8.68. The van der Waals surface area contributed by atoms with Crippen LogP contribution < -0.4 is 10.6 Å². The van der Waals surface area contributed by atoms with Gasteiger partial charge in [-0.3, -0.25) is 4.79 Å². The van der Waals surface area contributed by atoms with Gasteiger partial charge in [0.25, 0.3) is 0 Å². The van der Waals surface area contributed by atoms with Crippen molar-refractivity contribution in [2.24, 2.45) is 0 Å². The van der Waals surface area contributed by atoms with E-state index in [4.69, 9.17) is 0 Å². The van der Waals surface area contributed by atoms with Gasteiger partial charge in [-0.15, -0.1) is 0 Å². The Morgan fingerprint density at radius 3 is 2.39 bits per heavy atom. The van der Waals surface area contributed by atoms with Crippen molar-refractivity contribution in [2.75, 3.05) is 32.7 Å². The maximum absolute atomic E-state index is 11.6. The van der Waals surface area contributed by atoms with Crippen molar-refractivity contribution < 1.29 is 4.79 Å². The van der Waals surface area contributed by atoms with Gasteiger partial charge in [0.1, 0.15) is 0 Å². The largest absolute Gasteiger partial charge is 0.355 e. The fourth-order valence-corrected chi connectivity index (χ4v) is 2.28. The third-order valence-corrected chi connectivity index (χ3v) is 3.35. The lowest BCUT2D eigenvalue weighted by atomic mass is 10.2. The smallest absolute Gasteiger partial charge is 0.221 e. The Morgan fingerprint density at radius 2 is 1.78 bits per heavy atom. The van der Waals surface area contributed by atoms with Gasteiger partial charge in [0.2, 0.25) is 5.91 Å². The minimum absolute atomic E-state index is 0.165. The fraction of sp³-hybridized carbons (Fsp3) is 0.929. The molecule has 1 rings (SSSR count). The van der Waals surface area contributed by atoms with Crippen molar-refractivity contribution in [1.82, 2.24) is 15.5 Å². The number of carbonyl (C=O) groups is 1. The standard InChI is InChI=1S/C14H29N3O/c1-13(2)15-8-7-14(18)16-9-12-17-10-5-3-4-6-11-17/h13,15H,3-12H2,1-2H3,(H,16,18). The van der Waals surface area contributed by atoms with Crippen molar-refractivity contribution in [3.8, 4) is 0 Å². The van der Waals surface area contributed by atoms with Crippen molar-refractivity contribution >= 4 is 5.91 Å². The Morgan fingerprint density at radius 1 is 1.11 bits per heavy atom. The average Bonchev–Trinajstić information content (AvgIpc) is 2.57. The SMILES string of the molecule is CC(C)NCCC(=O)NCCN1CCCCCC1. The summed E-state index contributed by atoms with van der Waals surface area (Å²) in [7, 11) is 0. The second-order valence-electron chi connectivity index (χ2n) is 5.46. The van der Waals surface area contributed by atoms with E-state index >= 15 is 0 Å². The molecule has 0 aromatic heterocycles. The van der Waals surface area contributed by atoms with Gasteiger partial charge in [-0.1, -0.05) is 26.7 Å². The Hall–Kier alpha value is -0.610. The third-order valence-electron chi connectivity index (χ3n) is 3.35. The first-order valence-electron chi connectivity index (χ1n) is 7.41. The van der Waals surface area contributed by atoms with E-state index in [2.05, 4.69) is 29.4 Å². The lowest BCUT2D eigenvalue weighted by molar-refractivity contribution is -0.121. The molecule has 18 heavy (non-hydrogen) atoms. The fourth-order valence-electron chi connectivity index (χ4n) is 2.28. The highest BCUT2D eigenvalue weighted by atomic mass is 16.1. The van der Waals surface area contributed by atoms with Gasteiger partial charge < -0.3 is 15.5 Å². The van der Waals surface area contributed by atoms with Crippen LogP contribution in [-0.2, 0) is 4.79 Å². The molecule has 1 saturated heterocycles. The highest BCUT2D eigenvalue weighted by Crippen LogP contribution is 2.08. The second-order valence-corrected chi connectivity index (χ2v) is 5.46. The van der Waals surface area contributed by atoms with E-state index in [1.165, 1.54) is 38.8 Å². The lowest BCUT2D eigenvalue weighted by Crippen LogP contribution is -2.36. The zero-order valence-electron chi connectivity index (χ0n) is 12.0. The number of rotatable bonds is 7. The minimum Gasteiger partial charge on any atom is -0.355 e. The average molecular weight is 255 g/mol. The number of nitrogens with zero attached hydrogens (tertiary/aromatic N) is 1. The minimum atomic E-state index is 0.165. The molecular formula is C14H29N3O. The van der Waals surface area contributed by atoms with Crippen molar-refractivity contribution in [3.05, 3.63) is 0 Å². The van der Waals surface area contributed by atoms with E-state index in [-0.39, 0.29) is 5.91 Å². The molecule has 0 atom stereocenters. The van der Waals surface area contributed by atoms with Crippen LogP contribution in [0.3, 0.4) is 0 Å². The van der Waals surface area contributed by atoms with Gasteiger partial charge in [0.15, 0.2) is 0 Å². The van der Waals surface area contributed by atoms with E-state index in [0.29, 0.717) is 12.5 Å². The highest BCUT2D eigenvalue weighted by Gasteiger charge is 2.08. The normalized spacial score (nSPS) is 17.7. The van der Waals surface area contributed by atoms with Crippen molar-refractivity contribution in [1.29, 1.82) is 0 Å². The molecule has 0 unspecified atom stereocenters. The predicted octanol–water partition coefficient (Wildman–Crippen LogP) is 1.37. The molecule has 0 radical (unpaired) electrons. The highest BCUT2D eigenvalue weighted by molar-refractivity contribution is 5.76. The zero-order chi connectivity index (χ0) is 13.2. The van der Waals surface area contributed by atoms with Crippen LogP contribution in [0.1, 0.15) is 46.0 Å². The number of carbonyl (C=O) groups excluding carboxylic acids is 1. The predicted molar refractivity (Wildman–Crippen MR) is 75.7 cm³/mol. The van der Waals surface area contributed by atoms with E-state index < -0.39 is 0 Å². The molecule has 106 valence electrons. The van der Waals surface area contributed by atoms with E-state index in [0.717, 1.165) is 19.6 Å². The van der Waals surface area contributed by atoms with Crippen LogP contribution in [0.25, 0.3) is 0 Å². The molecule has 4 heteroatoms. The molecule has 0 aromatic rings. The van der Waals surface area contributed by atoms with E-state index in [9.17, 15) is 4.79 Å². The molecule has 1 amide bonds. The van der Waals surface area contributed by atoms with Gasteiger partial charge in [-0.25, -0.2) is 0 Å². The van der Waals surface area contributed by atoms with Crippen molar-refractivity contribution in [2.45, 2.75) is 52.0 Å². The first-order valence-corrected chi connectivity index (χ1v) is 7.41. The van der Waals surface area contributed by atoms with Crippen LogP contribution >= 0.6 is 0 Å². The lowest BCUT2D eigenvalue weighted by Gasteiger charge is -2.19. The molecule has 4 nitrogen and oxygen atoms in total. The first kappa shape index (κ1) is 15.4. The summed E-state index contributed by atoms with van der Waals surface area (Å²) in [6, 6.07) is 0.454. The Balaban J connectivity index is 2.00. The maximum Gasteiger partial charge on any atom is 0.221 e. The second kappa shape index (κ2) is 9.34. The monoisotopic (exact) mass is 255 g/mol. The summed E-state index contributed by atoms with van der Waals surface area (Å²) in [6.07, 6.45) is 5.93. The number of hydrogen-bond acceptors (Lipinski definition) is 3. The van der Waals surface area contributed by atoms with Crippen LogP contribution in [-0.4, -0.2) is 49.6 Å². The van der Waals surface area contributed by atoms with Crippen molar-refractivity contribution in [3.63, 3.8) is 0 Å². The summed E-state index contributed by atoms with van der Waals surface area (Å²) in [5.74, 6) is 0.165. The summed E-state index contributed by atoms with van der Waals surface area (Å²) >= 11 is 0. The molecule has 0 aliphatic carbocycles.